The molecule has 3 unspecified atom stereocenters. The van der Waals surface area contributed by atoms with E-state index >= 15 is 0 Å². The van der Waals surface area contributed by atoms with Gasteiger partial charge in [-0.2, -0.15) is 0 Å². The van der Waals surface area contributed by atoms with Crippen LogP contribution in [0.2, 0.25) is 0 Å². The molecule has 0 spiro atoms. The van der Waals surface area contributed by atoms with Crippen molar-refractivity contribution in [1.82, 2.24) is 4.57 Å². The summed E-state index contributed by atoms with van der Waals surface area (Å²) >= 11 is 2.14. The van der Waals surface area contributed by atoms with Crippen LogP contribution in [0.4, 0.5) is 11.4 Å². The molecule has 2 amide bonds. The summed E-state index contributed by atoms with van der Waals surface area (Å²) in [5, 5.41) is -0.317. The van der Waals surface area contributed by atoms with Gasteiger partial charge in [0.15, 0.2) is 0 Å². The molecule has 10 nitrogen and oxygen atoms in total. The number of carbonyl (C=O) groups excluding carboxylic acids is 4. The molecule has 2 aromatic carbocycles. The maximum absolute atomic E-state index is 14.1. The van der Waals surface area contributed by atoms with Crippen molar-refractivity contribution in [2.75, 3.05) is 36.1 Å². The Morgan fingerprint density at radius 3 is 2.12 bits per heavy atom. The van der Waals surface area contributed by atoms with Crippen molar-refractivity contribution in [2.24, 2.45) is 5.92 Å². The Hall–Kier alpha value is -3.90. The Balaban J connectivity index is 1.58. The lowest BCUT2D eigenvalue weighted by molar-refractivity contribution is -0.144. The number of thioether (sulfide) groups is 1. The smallest absolute Gasteiger partial charge is 0.338 e. The van der Waals surface area contributed by atoms with E-state index in [1.54, 1.807) is 26.0 Å². The van der Waals surface area contributed by atoms with E-state index in [0.717, 1.165) is 47.4 Å². The van der Waals surface area contributed by atoms with Crippen LogP contribution in [0.3, 0.4) is 0 Å². The van der Waals surface area contributed by atoms with E-state index in [2.05, 4.69) is 18.7 Å². The molecule has 5 rings (SSSR count). The Morgan fingerprint density at radius 2 is 1.51 bits per heavy atom. The van der Waals surface area contributed by atoms with Gasteiger partial charge in [-0.3, -0.25) is 23.7 Å². The van der Waals surface area contributed by atoms with Gasteiger partial charge in [-0.1, -0.05) is 35.2 Å². The molecule has 0 aliphatic carbocycles. The highest BCUT2D eigenvalue weighted by Crippen LogP contribution is 2.54. The number of thiazole rings is 1. The number of imide groups is 1. The van der Waals surface area contributed by atoms with Crippen molar-refractivity contribution in [2.45, 2.75) is 50.4 Å². The van der Waals surface area contributed by atoms with Crippen molar-refractivity contribution < 1.29 is 28.7 Å². The number of rotatable bonds is 10. The third-order valence-electron chi connectivity index (χ3n) is 7.66. The molecule has 0 saturated carbocycles. The van der Waals surface area contributed by atoms with E-state index in [-0.39, 0.29) is 30.5 Å². The highest BCUT2D eigenvalue weighted by molar-refractivity contribution is 8.00. The number of carbonyl (C=O) groups is 4. The van der Waals surface area contributed by atoms with E-state index in [4.69, 9.17) is 9.47 Å². The highest BCUT2D eigenvalue weighted by atomic mass is 32.2. The minimum Gasteiger partial charge on any atom is -0.465 e. The summed E-state index contributed by atoms with van der Waals surface area (Å²) in [6.45, 7) is 9.35. The first-order chi connectivity index (χ1) is 20.7. The Bertz CT molecular complexity index is 1590. The molecule has 1 fully saturated rings. The van der Waals surface area contributed by atoms with Crippen LogP contribution in [0.5, 0.6) is 0 Å². The van der Waals surface area contributed by atoms with Gasteiger partial charge in [-0.25, -0.2) is 9.69 Å². The number of hydrogen-bond donors (Lipinski definition) is 0. The average molecular weight is 624 g/mol. The maximum atomic E-state index is 14.1. The maximum Gasteiger partial charge on any atom is 0.338 e. The Kier molecular flexibility index (Phi) is 9.07. The highest BCUT2D eigenvalue weighted by Gasteiger charge is 2.56. The minimum absolute atomic E-state index is 0.177. The standard InChI is InChI=1S/C31H33N3O7S2/c1-5-32(6-2)20-13-9-18(10-14-20)23-24-25(42-29-26(23)43-31(39)33(29)17-22(35)40-7-3)28(37)34(27(24)36)21-15-11-19(12-16-21)30(38)41-8-4/h9-16,23-25H,5-8,17H2,1-4H3. The lowest BCUT2D eigenvalue weighted by atomic mass is 9.83. The van der Waals surface area contributed by atoms with Crippen LogP contribution in [0.1, 0.15) is 54.4 Å². The number of anilines is 2. The van der Waals surface area contributed by atoms with Crippen molar-refractivity contribution in [3.63, 3.8) is 0 Å². The number of nitrogens with zero attached hydrogens (tertiary/aromatic N) is 3. The second-order valence-electron chi connectivity index (χ2n) is 10.0. The second kappa shape index (κ2) is 12.8. The SMILES string of the molecule is CCOC(=O)Cn1c2c(sc1=O)C(c1ccc(N(CC)CC)cc1)C1C(=O)N(c3ccc(C(=O)OCC)cc3)C(=O)C1S2. The van der Waals surface area contributed by atoms with E-state index in [0.29, 0.717) is 21.2 Å². The lowest BCUT2D eigenvalue weighted by Gasteiger charge is -2.31. The van der Waals surface area contributed by atoms with Crippen molar-refractivity contribution in [3.05, 3.63) is 74.2 Å². The first-order valence-electron chi connectivity index (χ1n) is 14.3. The molecule has 1 saturated heterocycles. The number of benzene rings is 2. The molecular formula is C31H33N3O7S2. The number of esters is 2. The van der Waals surface area contributed by atoms with Crippen LogP contribution in [0.15, 0.2) is 58.4 Å². The average Bonchev–Trinajstić information content (AvgIpc) is 3.44. The molecule has 3 heterocycles. The van der Waals surface area contributed by atoms with Crippen LogP contribution in [-0.2, 0) is 30.4 Å². The van der Waals surface area contributed by atoms with Crippen LogP contribution >= 0.6 is 23.1 Å². The van der Waals surface area contributed by atoms with Gasteiger partial charge in [0.2, 0.25) is 11.8 Å². The van der Waals surface area contributed by atoms with Crippen molar-refractivity contribution in [3.8, 4) is 0 Å². The van der Waals surface area contributed by atoms with Crippen LogP contribution < -0.4 is 14.7 Å². The number of amides is 2. The summed E-state index contributed by atoms with van der Waals surface area (Å²) in [4.78, 5) is 69.5. The fourth-order valence-electron chi connectivity index (χ4n) is 5.65. The molecule has 0 bridgehead atoms. The van der Waals surface area contributed by atoms with Gasteiger partial charge in [0.1, 0.15) is 11.8 Å². The second-order valence-corrected chi connectivity index (χ2v) is 12.1. The third kappa shape index (κ3) is 5.61. The number of aromatic nitrogens is 1. The molecule has 2 aliphatic rings. The summed E-state index contributed by atoms with van der Waals surface area (Å²) < 4.78 is 11.5. The fourth-order valence-corrected chi connectivity index (χ4v) is 8.42. The van der Waals surface area contributed by atoms with E-state index in [1.807, 2.05) is 24.3 Å². The van der Waals surface area contributed by atoms with Gasteiger partial charge < -0.3 is 14.4 Å². The molecule has 43 heavy (non-hydrogen) atoms. The van der Waals surface area contributed by atoms with E-state index in [1.165, 1.54) is 21.6 Å². The van der Waals surface area contributed by atoms with Crippen molar-refractivity contribution >= 4 is 58.2 Å². The minimum atomic E-state index is -0.820. The molecule has 12 heteroatoms. The zero-order valence-corrected chi connectivity index (χ0v) is 26.0. The summed E-state index contributed by atoms with van der Waals surface area (Å²) in [6.07, 6.45) is 0. The Labute approximate surface area is 257 Å². The lowest BCUT2D eigenvalue weighted by Crippen LogP contribution is -2.32. The first kappa shape index (κ1) is 30.6. The monoisotopic (exact) mass is 623 g/mol. The molecule has 0 N–H and O–H groups in total. The first-order valence-corrected chi connectivity index (χ1v) is 16.0. The van der Waals surface area contributed by atoms with Crippen molar-refractivity contribution in [1.29, 1.82) is 0 Å². The molecule has 3 aromatic rings. The molecule has 1 aromatic heterocycles. The predicted molar refractivity (Wildman–Crippen MR) is 165 cm³/mol. The van der Waals surface area contributed by atoms with Gasteiger partial charge in [-0.15, -0.1) is 0 Å². The molecular weight excluding hydrogens is 590 g/mol. The summed E-state index contributed by atoms with van der Waals surface area (Å²) in [5.74, 6) is -3.19. The molecule has 226 valence electrons. The van der Waals surface area contributed by atoms with Crippen LogP contribution in [-0.4, -0.2) is 59.9 Å². The van der Waals surface area contributed by atoms with Gasteiger partial charge in [-0.05, 0) is 69.7 Å². The van der Waals surface area contributed by atoms with Crippen LogP contribution in [0.25, 0.3) is 0 Å². The van der Waals surface area contributed by atoms with Crippen LogP contribution in [0, 0.1) is 5.92 Å². The summed E-state index contributed by atoms with van der Waals surface area (Å²) in [6, 6.07) is 14.1. The normalized spacial score (nSPS) is 19.2. The quantitative estimate of drug-likeness (QED) is 0.241. The molecule has 3 atom stereocenters. The topological polar surface area (TPSA) is 115 Å². The third-order valence-corrected chi connectivity index (χ3v) is 10.3. The largest absolute Gasteiger partial charge is 0.465 e. The predicted octanol–water partition coefficient (Wildman–Crippen LogP) is 4.29. The molecule has 2 aliphatic heterocycles. The number of ether oxygens (including phenoxy) is 2. The van der Waals surface area contributed by atoms with E-state index < -0.39 is 34.9 Å². The van der Waals surface area contributed by atoms with Gasteiger partial charge in [0.05, 0.1) is 35.4 Å². The van der Waals surface area contributed by atoms with Gasteiger partial charge in [0, 0.05) is 29.6 Å². The molecule has 0 radical (unpaired) electrons. The summed E-state index contributed by atoms with van der Waals surface area (Å²) in [7, 11) is 0. The Morgan fingerprint density at radius 1 is 0.860 bits per heavy atom. The van der Waals surface area contributed by atoms with Gasteiger partial charge >= 0.3 is 16.8 Å². The number of fused-ring (bicyclic) bond motifs is 2. The zero-order chi connectivity index (χ0) is 30.8. The zero-order valence-electron chi connectivity index (χ0n) is 24.4. The fraction of sp³-hybridized carbons (Fsp3) is 0.387. The number of hydrogen-bond acceptors (Lipinski definition) is 10. The van der Waals surface area contributed by atoms with E-state index in [9.17, 15) is 24.0 Å². The van der Waals surface area contributed by atoms with Gasteiger partial charge in [0.25, 0.3) is 0 Å². The summed E-state index contributed by atoms with van der Waals surface area (Å²) in [5.41, 5.74) is 2.49.